The van der Waals surface area contributed by atoms with Crippen LogP contribution >= 0.6 is 0 Å². The van der Waals surface area contributed by atoms with Crippen molar-refractivity contribution in [2.45, 2.75) is 6.92 Å². The van der Waals surface area contributed by atoms with Gasteiger partial charge >= 0.3 is 0 Å². The molecule has 0 aliphatic heterocycles. The third kappa shape index (κ3) is 1.65. The monoisotopic (exact) mass is 219 g/mol. The minimum atomic E-state index is 0.236. The molecular formula is C10H13N5O. The van der Waals surface area contributed by atoms with Crippen LogP contribution in [0.3, 0.4) is 0 Å². The molecule has 0 radical (unpaired) electrons. The third-order valence-electron chi connectivity index (χ3n) is 2.46. The SMILES string of the molecule is Cc1c(O)cccc1Nc1nnc(N)n1C. The van der Waals surface area contributed by atoms with E-state index in [9.17, 15) is 5.11 Å². The van der Waals surface area contributed by atoms with Gasteiger partial charge in [0.25, 0.3) is 0 Å². The minimum absolute atomic E-state index is 0.236. The number of benzene rings is 1. The van der Waals surface area contributed by atoms with Crippen LogP contribution in [0.15, 0.2) is 18.2 Å². The molecule has 0 aliphatic carbocycles. The molecule has 0 spiro atoms. The number of hydrogen-bond acceptors (Lipinski definition) is 5. The lowest BCUT2D eigenvalue weighted by Gasteiger charge is -2.09. The highest BCUT2D eigenvalue weighted by Gasteiger charge is 2.08. The van der Waals surface area contributed by atoms with Gasteiger partial charge in [0.05, 0.1) is 0 Å². The number of nitrogen functional groups attached to an aromatic ring is 1. The van der Waals surface area contributed by atoms with Crippen LogP contribution in [0.4, 0.5) is 17.6 Å². The van der Waals surface area contributed by atoms with Gasteiger partial charge in [-0.05, 0) is 19.1 Å². The van der Waals surface area contributed by atoms with Crippen molar-refractivity contribution < 1.29 is 5.11 Å². The molecule has 1 aromatic carbocycles. The number of aromatic hydroxyl groups is 1. The van der Waals surface area contributed by atoms with E-state index in [0.29, 0.717) is 11.9 Å². The molecular weight excluding hydrogens is 206 g/mol. The second kappa shape index (κ2) is 3.73. The molecule has 2 aromatic rings. The van der Waals surface area contributed by atoms with Gasteiger partial charge in [-0.25, -0.2) is 0 Å². The zero-order valence-electron chi connectivity index (χ0n) is 9.10. The van der Waals surface area contributed by atoms with Crippen molar-refractivity contribution in [3.63, 3.8) is 0 Å². The van der Waals surface area contributed by atoms with E-state index in [2.05, 4.69) is 15.5 Å². The highest BCUT2D eigenvalue weighted by atomic mass is 16.3. The molecule has 0 aliphatic rings. The Morgan fingerprint density at radius 1 is 1.38 bits per heavy atom. The number of rotatable bonds is 2. The normalized spacial score (nSPS) is 10.4. The van der Waals surface area contributed by atoms with Gasteiger partial charge in [-0.3, -0.25) is 4.57 Å². The number of nitrogens with two attached hydrogens (primary N) is 1. The van der Waals surface area contributed by atoms with E-state index in [1.807, 2.05) is 13.0 Å². The highest BCUT2D eigenvalue weighted by molar-refractivity contribution is 5.62. The number of phenols is 1. The lowest BCUT2D eigenvalue weighted by Crippen LogP contribution is -2.03. The summed E-state index contributed by atoms with van der Waals surface area (Å²) in [5, 5.41) is 20.2. The number of nitrogens with one attached hydrogen (secondary N) is 1. The average Bonchev–Trinajstić information content (AvgIpc) is 2.57. The molecule has 0 saturated carbocycles. The van der Waals surface area contributed by atoms with Crippen LogP contribution in [0, 0.1) is 6.92 Å². The standard InChI is InChI=1S/C10H13N5O/c1-6-7(4-3-5-8(6)16)12-10-14-13-9(11)15(10)2/h3-5,16H,1-2H3,(H2,11,13)(H,12,14). The molecule has 1 aromatic heterocycles. The Balaban J connectivity index is 2.34. The van der Waals surface area contributed by atoms with Gasteiger partial charge in [0.2, 0.25) is 11.9 Å². The maximum absolute atomic E-state index is 9.55. The molecule has 2 rings (SSSR count). The summed E-state index contributed by atoms with van der Waals surface area (Å²) in [5.41, 5.74) is 7.09. The van der Waals surface area contributed by atoms with Gasteiger partial charge < -0.3 is 16.2 Å². The Hall–Kier alpha value is -2.24. The average molecular weight is 219 g/mol. The molecule has 0 fully saturated rings. The van der Waals surface area contributed by atoms with Crippen molar-refractivity contribution in [2.24, 2.45) is 7.05 Å². The summed E-state index contributed by atoms with van der Waals surface area (Å²) < 4.78 is 1.63. The van der Waals surface area contributed by atoms with E-state index < -0.39 is 0 Å². The smallest absolute Gasteiger partial charge is 0.230 e. The lowest BCUT2D eigenvalue weighted by atomic mass is 10.2. The number of aromatic nitrogens is 3. The molecule has 6 heteroatoms. The molecule has 0 saturated heterocycles. The Bertz CT molecular complexity index is 520. The second-order valence-corrected chi connectivity index (χ2v) is 3.52. The van der Waals surface area contributed by atoms with Crippen molar-refractivity contribution in [2.75, 3.05) is 11.1 Å². The Morgan fingerprint density at radius 2 is 2.12 bits per heavy atom. The third-order valence-corrected chi connectivity index (χ3v) is 2.46. The first-order chi connectivity index (χ1) is 7.59. The summed E-state index contributed by atoms with van der Waals surface area (Å²) in [6, 6.07) is 5.23. The molecule has 0 bridgehead atoms. The Kier molecular flexibility index (Phi) is 2.40. The number of nitrogens with zero attached hydrogens (tertiary/aromatic N) is 3. The van der Waals surface area contributed by atoms with Crippen LogP contribution in [-0.2, 0) is 7.05 Å². The quantitative estimate of drug-likeness (QED) is 0.705. The summed E-state index contributed by atoms with van der Waals surface area (Å²) in [5.74, 6) is 1.10. The van der Waals surface area contributed by atoms with Crippen molar-refractivity contribution in [1.82, 2.24) is 14.8 Å². The van der Waals surface area contributed by atoms with Gasteiger partial charge in [0, 0.05) is 18.3 Å². The number of phenolic OH excluding ortho intramolecular Hbond substituents is 1. The van der Waals surface area contributed by atoms with Crippen molar-refractivity contribution in [1.29, 1.82) is 0 Å². The predicted molar refractivity (Wildman–Crippen MR) is 61.5 cm³/mol. The topological polar surface area (TPSA) is 89.0 Å². The fraction of sp³-hybridized carbons (Fsp3) is 0.200. The first-order valence-corrected chi connectivity index (χ1v) is 4.80. The molecule has 0 unspecified atom stereocenters. The molecule has 0 atom stereocenters. The number of hydrogen-bond donors (Lipinski definition) is 3. The first kappa shape index (κ1) is 10.3. The van der Waals surface area contributed by atoms with Crippen LogP contribution in [0.1, 0.15) is 5.56 Å². The van der Waals surface area contributed by atoms with E-state index >= 15 is 0 Å². The molecule has 6 nitrogen and oxygen atoms in total. The number of anilines is 3. The fourth-order valence-electron chi connectivity index (χ4n) is 1.33. The second-order valence-electron chi connectivity index (χ2n) is 3.52. The molecule has 4 N–H and O–H groups in total. The zero-order chi connectivity index (χ0) is 11.7. The highest BCUT2D eigenvalue weighted by Crippen LogP contribution is 2.26. The van der Waals surface area contributed by atoms with Gasteiger partial charge in [-0.2, -0.15) is 0 Å². The van der Waals surface area contributed by atoms with E-state index in [0.717, 1.165) is 11.3 Å². The van der Waals surface area contributed by atoms with Crippen LogP contribution in [0.2, 0.25) is 0 Å². The zero-order valence-corrected chi connectivity index (χ0v) is 9.10. The summed E-state index contributed by atoms with van der Waals surface area (Å²) in [6.45, 7) is 1.82. The van der Waals surface area contributed by atoms with E-state index in [1.54, 1.807) is 23.7 Å². The molecule has 0 amide bonds. The molecule has 16 heavy (non-hydrogen) atoms. The Labute approximate surface area is 92.7 Å². The van der Waals surface area contributed by atoms with Gasteiger partial charge in [0.1, 0.15) is 5.75 Å². The van der Waals surface area contributed by atoms with E-state index in [1.165, 1.54) is 0 Å². The summed E-state index contributed by atoms with van der Waals surface area (Å²) in [4.78, 5) is 0. The van der Waals surface area contributed by atoms with E-state index in [4.69, 9.17) is 5.73 Å². The van der Waals surface area contributed by atoms with Crippen molar-refractivity contribution >= 4 is 17.6 Å². The van der Waals surface area contributed by atoms with Gasteiger partial charge in [0.15, 0.2) is 0 Å². The Morgan fingerprint density at radius 3 is 2.75 bits per heavy atom. The maximum atomic E-state index is 9.55. The largest absolute Gasteiger partial charge is 0.508 e. The van der Waals surface area contributed by atoms with Crippen molar-refractivity contribution in [3.8, 4) is 5.75 Å². The summed E-state index contributed by atoms with van der Waals surface area (Å²) >= 11 is 0. The van der Waals surface area contributed by atoms with Gasteiger partial charge in [-0.1, -0.05) is 6.07 Å². The van der Waals surface area contributed by atoms with E-state index in [-0.39, 0.29) is 5.75 Å². The van der Waals surface area contributed by atoms with Gasteiger partial charge in [-0.15, -0.1) is 10.2 Å². The van der Waals surface area contributed by atoms with Crippen LogP contribution < -0.4 is 11.1 Å². The molecule has 84 valence electrons. The minimum Gasteiger partial charge on any atom is -0.508 e. The molecule has 1 heterocycles. The van der Waals surface area contributed by atoms with Crippen molar-refractivity contribution in [3.05, 3.63) is 23.8 Å². The fourth-order valence-corrected chi connectivity index (χ4v) is 1.33. The van der Waals surface area contributed by atoms with Crippen LogP contribution in [0.5, 0.6) is 5.75 Å². The van der Waals surface area contributed by atoms with Crippen LogP contribution in [-0.4, -0.2) is 19.9 Å². The first-order valence-electron chi connectivity index (χ1n) is 4.80. The van der Waals surface area contributed by atoms with Crippen LogP contribution in [0.25, 0.3) is 0 Å². The summed E-state index contributed by atoms with van der Waals surface area (Å²) in [7, 11) is 1.76. The maximum Gasteiger partial charge on any atom is 0.230 e. The lowest BCUT2D eigenvalue weighted by molar-refractivity contribution is 0.471. The summed E-state index contributed by atoms with van der Waals surface area (Å²) in [6.07, 6.45) is 0. The predicted octanol–water partition coefficient (Wildman–Crippen LogP) is 1.15.